The van der Waals surface area contributed by atoms with Crippen molar-refractivity contribution in [3.63, 3.8) is 0 Å². The Hall–Kier alpha value is -4.46. The van der Waals surface area contributed by atoms with Gasteiger partial charge in [0.05, 0.1) is 6.42 Å². The molecule has 1 aliphatic rings. The molecule has 3 aromatic carbocycles. The molecule has 0 spiro atoms. The lowest BCUT2D eigenvalue weighted by Crippen LogP contribution is -2.43. The van der Waals surface area contributed by atoms with Crippen molar-refractivity contribution in [2.45, 2.75) is 38.5 Å². The first kappa shape index (κ1) is 27.6. The lowest BCUT2D eigenvalue weighted by Gasteiger charge is -2.31. The van der Waals surface area contributed by atoms with E-state index in [-0.39, 0.29) is 25.6 Å². The molecule has 0 aliphatic carbocycles. The first-order valence-corrected chi connectivity index (χ1v) is 13.0. The van der Waals surface area contributed by atoms with E-state index in [0.29, 0.717) is 5.56 Å². The predicted octanol–water partition coefficient (Wildman–Crippen LogP) is 4.08. The van der Waals surface area contributed by atoms with Crippen molar-refractivity contribution in [2.24, 2.45) is 5.92 Å². The van der Waals surface area contributed by atoms with E-state index in [2.05, 4.69) is 10.2 Å². The Morgan fingerprint density at radius 3 is 1.95 bits per heavy atom. The van der Waals surface area contributed by atoms with Gasteiger partial charge in [-0.1, -0.05) is 60.7 Å². The van der Waals surface area contributed by atoms with Crippen LogP contribution in [0.4, 0.5) is 5.69 Å². The lowest BCUT2D eigenvalue weighted by atomic mass is 9.98. The number of anilines is 1. The Morgan fingerprint density at radius 2 is 1.38 bits per heavy atom. The molecule has 0 saturated carbocycles. The summed E-state index contributed by atoms with van der Waals surface area (Å²) in [6.45, 7) is 1.62. The van der Waals surface area contributed by atoms with Gasteiger partial charge in [-0.2, -0.15) is 0 Å². The minimum absolute atomic E-state index is 0.0145. The molecule has 8 heteroatoms. The molecule has 202 valence electrons. The SMILES string of the molecule is O=CC1CCN(c2ccc(C(=O)N[C@H](CC(=O)OCc3ccccc3)C(=O)OCc3ccccc3)cc2)CC1. The zero-order chi connectivity index (χ0) is 27.5. The smallest absolute Gasteiger partial charge is 0.329 e. The molecule has 4 rings (SSSR count). The number of amides is 1. The number of aldehydes is 1. The topological polar surface area (TPSA) is 102 Å². The average Bonchev–Trinajstić information content (AvgIpc) is 2.99. The number of rotatable bonds is 11. The molecule has 1 saturated heterocycles. The highest BCUT2D eigenvalue weighted by Crippen LogP contribution is 2.22. The second-order valence-electron chi connectivity index (χ2n) is 9.48. The molecule has 1 fully saturated rings. The van der Waals surface area contributed by atoms with E-state index < -0.39 is 23.9 Å². The number of hydrogen-bond donors (Lipinski definition) is 1. The van der Waals surface area contributed by atoms with E-state index >= 15 is 0 Å². The summed E-state index contributed by atoms with van der Waals surface area (Å²) in [5.41, 5.74) is 2.91. The van der Waals surface area contributed by atoms with Crippen LogP contribution < -0.4 is 10.2 Å². The quantitative estimate of drug-likeness (QED) is 0.296. The fourth-order valence-electron chi connectivity index (χ4n) is 4.35. The normalized spacial score (nSPS) is 14.2. The van der Waals surface area contributed by atoms with Gasteiger partial charge in [-0.25, -0.2) is 4.79 Å². The van der Waals surface area contributed by atoms with E-state index in [1.54, 1.807) is 12.1 Å². The zero-order valence-corrected chi connectivity index (χ0v) is 21.7. The molecule has 1 atom stereocenters. The van der Waals surface area contributed by atoms with Crippen molar-refractivity contribution in [2.75, 3.05) is 18.0 Å². The number of carbonyl (C=O) groups is 4. The van der Waals surface area contributed by atoms with Gasteiger partial charge in [-0.05, 0) is 48.2 Å². The molecule has 1 N–H and O–H groups in total. The number of benzene rings is 3. The van der Waals surface area contributed by atoms with Crippen LogP contribution in [0.3, 0.4) is 0 Å². The van der Waals surface area contributed by atoms with Crippen molar-refractivity contribution in [3.8, 4) is 0 Å². The molecule has 39 heavy (non-hydrogen) atoms. The van der Waals surface area contributed by atoms with Crippen LogP contribution in [0, 0.1) is 5.92 Å². The Labute approximate surface area is 227 Å². The highest BCUT2D eigenvalue weighted by Gasteiger charge is 2.27. The third kappa shape index (κ3) is 8.26. The molecule has 3 aromatic rings. The maximum Gasteiger partial charge on any atom is 0.329 e. The van der Waals surface area contributed by atoms with Gasteiger partial charge in [-0.15, -0.1) is 0 Å². The predicted molar refractivity (Wildman–Crippen MR) is 146 cm³/mol. The molecule has 0 bridgehead atoms. The monoisotopic (exact) mass is 528 g/mol. The molecule has 1 heterocycles. The maximum absolute atomic E-state index is 13.0. The highest BCUT2D eigenvalue weighted by atomic mass is 16.5. The van der Waals surface area contributed by atoms with Crippen LogP contribution in [0.2, 0.25) is 0 Å². The number of esters is 2. The maximum atomic E-state index is 13.0. The van der Waals surface area contributed by atoms with E-state index in [0.717, 1.165) is 49.0 Å². The minimum atomic E-state index is -1.22. The van der Waals surface area contributed by atoms with E-state index in [9.17, 15) is 19.2 Å². The van der Waals surface area contributed by atoms with Gasteiger partial charge < -0.3 is 24.5 Å². The second-order valence-corrected chi connectivity index (χ2v) is 9.48. The average molecular weight is 529 g/mol. The first-order valence-electron chi connectivity index (χ1n) is 13.0. The Bertz CT molecular complexity index is 1240. The molecule has 1 amide bonds. The van der Waals surface area contributed by atoms with Gasteiger partial charge in [-0.3, -0.25) is 9.59 Å². The second kappa shape index (κ2) is 13.9. The summed E-state index contributed by atoms with van der Waals surface area (Å²) in [5.74, 6) is -1.75. The third-order valence-corrected chi connectivity index (χ3v) is 6.65. The fourth-order valence-corrected chi connectivity index (χ4v) is 4.35. The molecule has 0 unspecified atom stereocenters. The van der Waals surface area contributed by atoms with Crippen LogP contribution in [0.15, 0.2) is 84.9 Å². The summed E-state index contributed by atoms with van der Waals surface area (Å²) in [5, 5.41) is 2.64. The van der Waals surface area contributed by atoms with Crippen molar-refractivity contribution in [1.29, 1.82) is 0 Å². The lowest BCUT2D eigenvalue weighted by molar-refractivity contribution is -0.153. The van der Waals surface area contributed by atoms with E-state index in [1.165, 1.54) is 0 Å². The van der Waals surface area contributed by atoms with Crippen LogP contribution >= 0.6 is 0 Å². The number of hydrogen-bond acceptors (Lipinski definition) is 7. The van der Waals surface area contributed by atoms with Crippen molar-refractivity contribution < 1.29 is 28.7 Å². The Kier molecular flexibility index (Phi) is 9.83. The zero-order valence-electron chi connectivity index (χ0n) is 21.7. The largest absolute Gasteiger partial charge is 0.461 e. The van der Waals surface area contributed by atoms with Crippen LogP contribution in [0.1, 0.15) is 40.7 Å². The summed E-state index contributed by atoms with van der Waals surface area (Å²) in [6, 6.07) is 24.2. The number of nitrogens with one attached hydrogen (secondary N) is 1. The number of piperidine rings is 1. The van der Waals surface area contributed by atoms with Crippen molar-refractivity contribution >= 4 is 29.8 Å². The molecule has 1 aliphatic heterocycles. The van der Waals surface area contributed by atoms with Crippen LogP contribution in [0.25, 0.3) is 0 Å². The molecular formula is C31H32N2O6. The van der Waals surface area contributed by atoms with E-state index in [4.69, 9.17) is 9.47 Å². The standard InChI is InChI=1S/C31H32N2O6/c34-20-23-15-17-33(18-16-23)27-13-11-26(12-14-27)30(36)32-28(31(37)39-22-25-9-5-2-6-10-25)19-29(35)38-21-24-7-3-1-4-8-24/h1-14,20,23,28H,15-19,21-22H2,(H,32,36)/t28-/m1/s1. The van der Waals surface area contributed by atoms with Gasteiger partial charge in [0.1, 0.15) is 25.5 Å². The highest BCUT2D eigenvalue weighted by molar-refractivity contribution is 5.98. The number of ether oxygens (including phenoxy) is 2. The van der Waals surface area contributed by atoms with Crippen LogP contribution in [-0.2, 0) is 37.1 Å². The van der Waals surface area contributed by atoms with Crippen molar-refractivity contribution in [1.82, 2.24) is 5.32 Å². The van der Waals surface area contributed by atoms with Gasteiger partial charge in [0.25, 0.3) is 5.91 Å². The third-order valence-electron chi connectivity index (χ3n) is 6.65. The summed E-state index contributed by atoms with van der Waals surface area (Å²) in [7, 11) is 0. The molecule has 0 radical (unpaired) electrons. The molecular weight excluding hydrogens is 496 g/mol. The summed E-state index contributed by atoms with van der Waals surface area (Å²) in [6.07, 6.45) is 2.26. The number of carbonyl (C=O) groups excluding carboxylic acids is 4. The number of nitrogens with zero attached hydrogens (tertiary/aromatic N) is 1. The van der Waals surface area contributed by atoms with E-state index in [1.807, 2.05) is 72.8 Å². The Balaban J connectivity index is 1.38. The summed E-state index contributed by atoms with van der Waals surface area (Å²) >= 11 is 0. The van der Waals surface area contributed by atoms with Crippen molar-refractivity contribution in [3.05, 3.63) is 102 Å². The summed E-state index contributed by atoms with van der Waals surface area (Å²) in [4.78, 5) is 51.7. The van der Waals surface area contributed by atoms with Gasteiger partial charge >= 0.3 is 11.9 Å². The molecule has 0 aromatic heterocycles. The van der Waals surface area contributed by atoms with Crippen LogP contribution in [0.5, 0.6) is 0 Å². The minimum Gasteiger partial charge on any atom is -0.461 e. The van der Waals surface area contributed by atoms with Gasteiger partial charge in [0, 0.05) is 30.3 Å². The Morgan fingerprint density at radius 1 is 0.821 bits per heavy atom. The molecule has 8 nitrogen and oxygen atoms in total. The fraction of sp³-hybridized carbons (Fsp3) is 0.290. The summed E-state index contributed by atoms with van der Waals surface area (Å²) < 4.78 is 10.7. The van der Waals surface area contributed by atoms with Gasteiger partial charge in [0.2, 0.25) is 0 Å². The van der Waals surface area contributed by atoms with Crippen LogP contribution in [-0.4, -0.2) is 43.3 Å². The van der Waals surface area contributed by atoms with Gasteiger partial charge in [0.15, 0.2) is 0 Å². The first-order chi connectivity index (χ1) is 19.0.